The highest BCUT2D eigenvalue weighted by Gasteiger charge is 2.10. The molecule has 3 aromatic carbocycles. The van der Waals surface area contributed by atoms with Crippen LogP contribution < -0.4 is 10.1 Å². The number of tetrazole rings is 1. The summed E-state index contributed by atoms with van der Waals surface area (Å²) in [5.41, 5.74) is 3.30. The quantitative estimate of drug-likeness (QED) is 0.524. The van der Waals surface area contributed by atoms with Crippen LogP contribution in [0, 0.1) is 0 Å². The van der Waals surface area contributed by atoms with E-state index < -0.39 is 0 Å². The van der Waals surface area contributed by atoms with E-state index in [0.29, 0.717) is 11.8 Å². The van der Waals surface area contributed by atoms with Crippen LogP contribution in [0.2, 0.25) is 0 Å². The SMILES string of the molecule is C[C@H](NCc1ccc(Oc2nnnn2-c2ccccc2)cc1)c1ccccc1. The first kappa shape index (κ1) is 17.9. The second kappa shape index (κ2) is 8.45. The van der Waals surface area contributed by atoms with Crippen LogP contribution in [0.1, 0.15) is 24.1 Å². The molecule has 0 saturated carbocycles. The molecule has 4 aromatic rings. The monoisotopic (exact) mass is 371 g/mol. The molecule has 0 aliphatic rings. The van der Waals surface area contributed by atoms with Gasteiger partial charge in [0, 0.05) is 12.6 Å². The van der Waals surface area contributed by atoms with Gasteiger partial charge in [-0.3, -0.25) is 0 Å². The van der Waals surface area contributed by atoms with Crippen molar-refractivity contribution in [3.05, 3.63) is 96.1 Å². The molecule has 0 unspecified atom stereocenters. The number of ether oxygens (including phenoxy) is 1. The Balaban J connectivity index is 1.39. The number of para-hydroxylation sites is 1. The molecule has 0 fully saturated rings. The molecule has 0 saturated heterocycles. The van der Waals surface area contributed by atoms with Gasteiger partial charge in [-0.15, -0.1) is 0 Å². The Morgan fingerprint density at radius 1 is 0.893 bits per heavy atom. The summed E-state index contributed by atoms with van der Waals surface area (Å²) in [4.78, 5) is 0. The number of hydrogen-bond acceptors (Lipinski definition) is 5. The van der Waals surface area contributed by atoms with Crippen molar-refractivity contribution in [1.29, 1.82) is 0 Å². The van der Waals surface area contributed by atoms with Crippen LogP contribution in [0.15, 0.2) is 84.9 Å². The molecule has 0 radical (unpaired) electrons. The summed E-state index contributed by atoms with van der Waals surface area (Å²) >= 11 is 0. The molecule has 1 aromatic heterocycles. The Labute approximate surface area is 163 Å². The van der Waals surface area contributed by atoms with E-state index in [4.69, 9.17) is 4.74 Å². The van der Waals surface area contributed by atoms with Crippen molar-refractivity contribution >= 4 is 0 Å². The summed E-state index contributed by atoms with van der Waals surface area (Å²) in [6, 6.07) is 28.6. The van der Waals surface area contributed by atoms with Gasteiger partial charge in [-0.1, -0.05) is 65.8 Å². The summed E-state index contributed by atoms with van der Waals surface area (Å²) in [5.74, 6) is 0.687. The molecule has 28 heavy (non-hydrogen) atoms. The van der Waals surface area contributed by atoms with Crippen molar-refractivity contribution in [3.8, 4) is 17.4 Å². The lowest BCUT2D eigenvalue weighted by Crippen LogP contribution is -2.17. The van der Waals surface area contributed by atoms with Gasteiger partial charge in [0.15, 0.2) is 0 Å². The van der Waals surface area contributed by atoms with Crippen LogP contribution in [0.25, 0.3) is 5.69 Å². The first-order valence-corrected chi connectivity index (χ1v) is 9.18. The Bertz CT molecular complexity index is 1000. The molecule has 0 amide bonds. The van der Waals surface area contributed by atoms with Crippen LogP contribution in [0.4, 0.5) is 0 Å². The van der Waals surface area contributed by atoms with Gasteiger partial charge in [-0.2, -0.15) is 4.68 Å². The second-order valence-corrected chi connectivity index (χ2v) is 6.47. The molecule has 0 aliphatic heterocycles. The van der Waals surface area contributed by atoms with Crippen molar-refractivity contribution in [2.45, 2.75) is 19.5 Å². The fourth-order valence-corrected chi connectivity index (χ4v) is 2.89. The third-order valence-corrected chi connectivity index (χ3v) is 4.49. The highest BCUT2D eigenvalue weighted by Crippen LogP contribution is 2.22. The lowest BCUT2D eigenvalue weighted by atomic mass is 10.1. The van der Waals surface area contributed by atoms with Crippen molar-refractivity contribution in [1.82, 2.24) is 25.5 Å². The van der Waals surface area contributed by atoms with Crippen LogP contribution >= 0.6 is 0 Å². The summed E-state index contributed by atoms with van der Waals surface area (Å²) < 4.78 is 7.43. The first-order valence-electron chi connectivity index (χ1n) is 9.18. The van der Waals surface area contributed by atoms with Gasteiger partial charge in [0.2, 0.25) is 0 Å². The van der Waals surface area contributed by atoms with Crippen molar-refractivity contribution < 1.29 is 4.74 Å². The predicted molar refractivity (Wildman–Crippen MR) is 107 cm³/mol. The van der Waals surface area contributed by atoms with Gasteiger partial charge in [-0.25, -0.2) is 0 Å². The molecule has 1 N–H and O–H groups in total. The van der Waals surface area contributed by atoms with Crippen molar-refractivity contribution in [2.24, 2.45) is 0 Å². The highest BCUT2D eigenvalue weighted by atomic mass is 16.5. The highest BCUT2D eigenvalue weighted by molar-refractivity contribution is 5.34. The maximum Gasteiger partial charge on any atom is 0.345 e. The van der Waals surface area contributed by atoms with E-state index in [1.54, 1.807) is 4.68 Å². The van der Waals surface area contributed by atoms with E-state index in [1.165, 1.54) is 11.1 Å². The van der Waals surface area contributed by atoms with Gasteiger partial charge in [-0.05, 0) is 52.7 Å². The molecule has 0 spiro atoms. The van der Waals surface area contributed by atoms with Gasteiger partial charge in [0.05, 0.1) is 5.69 Å². The number of nitrogens with one attached hydrogen (secondary N) is 1. The number of hydrogen-bond donors (Lipinski definition) is 1. The molecule has 0 aliphatic carbocycles. The molecule has 4 rings (SSSR count). The fourth-order valence-electron chi connectivity index (χ4n) is 2.89. The standard InChI is InChI=1S/C22H21N5O/c1-17(19-8-4-2-5-9-19)23-16-18-12-14-21(15-13-18)28-22-24-25-26-27(22)20-10-6-3-7-11-20/h2-15,17,23H,16H2,1H3/t17-/m0/s1. The van der Waals surface area contributed by atoms with E-state index in [2.05, 4.69) is 52.0 Å². The molecule has 6 heteroatoms. The van der Waals surface area contributed by atoms with E-state index in [9.17, 15) is 0 Å². The summed E-state index contributed by atoms with van der Waals surface area (Å²) in [5, 5.41) is 15.2. The van der Waals surface area contributed by atoms with Gasteiger partial charge in [0.25, 0.3) is 0 Å². The number of benzene rings is 3. The largest absolute Gasteiger partial charge is 0.423 e. The zero-order chi connectivity index (χ0) is 19.2. The van der Waals surface area contributed by atoms with Crippen LogP contribution in [-0.4, -0.2) is 20.2 Å². The summed E-state index contributed by atoms with van der Waals surface area (Å²) in [6.45, 7) is 2.94. The second-order valence-electron chi connectivity index (χ2n) is 6.47. The Kier molecular flexibility index (Phi) is 5.40. The third kappa shape index (κ3) is 4.24. The zero-order valence-corrected chi connectivity index (χ0v) is 15.6. The van der Waals surface area contributed by atoms with Crippen LogP contribution in [0.5, 0.6) is 11.8 Å². The normalized spacial score (nSPS) is 11.9. The molecule has 0 bridgehead atoms. The molecular formula is C22H21N5O. The predicted octanol–water partition coefficient (Wildman–Crippen LogP) is 4.31. The van der Waals surface area contributed by atoms with Crippen molar-refractivity contribution in [3.63, 3.8) is 0 Å². The average molecular weight is 371 g/mol. The molecule has 6 nitrogen and oxygen atoms in total. The molecule has 1 heterocycles. The van der Waals surface area contributed by atoms with E-state index >= 15 is 0 Å². The zero-order valence-electron chi connectivity index (χ0n) is 15.6. The van der Waals surface area contributed by atoms with Crippen LogP contribution in [-0.2, 0) is 6.54 Å². The van der Waals surface area contributed by atoms with E-state index in [0.717, 1.165) is 12.2 Å². The molecular weight excluding hydrogens is 350 g/mol. The number of nitrogens with zero attached hydrogens (tertiary/aromatic N) is 4. The maximum atomic E-state index is 5.86. The van der Waals surface area contributed by atoms with E-state index in [1.807, 2.05) is 60.7 Å². The number of aromatic nitrogens is 4. The average Bonchev–Trinajstić information content (AvgIpc) is 3.22. The Morgan fingerprint density at radius 2 is 1.57 bits per heavy atom. The molecule has 1 atom stereocenters. The smallest absolute Gasteiger partial charge is 0.345 e. The Hall–Kier alpha value is -3.51. The van der Waals surface area contributed by atoms with Gasteiger partial charge < -0.3 is 10.1 Å². The van der Waals surface area contributed by atoms with Gasteiger partial charge in [0.1, 0.15) is 5.75 Å². The van der Waals surface area contributed by atoms with Gasteiger partial charge >= 0.3 is 6.01 Å². The summed E-state index contributed by atoms with van der Waals surface area (Å²) in [7, 11) is 0. The number of rotatable bonds is 7. The van der Waals surface area contributed by atoms with Crippen LogP contribution in [0.3, 0.4) is 0 Å². The topological polar surface area (TPSA) is 64.9 Å². The third-order valence-electron chi connectivity index (χ3n) is 4.49. The molecule has 140 valence electrons. The lowest BCUT2D eigenvalue weighted by molar-refractivity contribution is 0.427. The first-order chi connectivity index (χ1) is 13.8. The minimum Gasteiger partial charge on any atom is -0.423 e. The fraction of sp³-hybridized carbons (Fsp3) is 0.136. The Morgan fingerprint density at radius 3 is 2.29 bits per heavy atom. The minimum atomic E-state index is 0.285. The minimum absolute atomic E-state index is 0.285. The maximum absolute atomic E-state index is 5.86. The van der Waals surface area contributed by atoms with Crippen molar-refractivity contribution in [2.75, 3.05) is 0 Å². The van der Waals surface area contributed by atoms with E-state index in [-0.39, 0.29) is 6.04 Å². The lowest BCUT2D eigenvalue weighted by Gasteiger charge is -2.14. The summed E-state index contributed by atoms with van der Waals surface area (Å²) in [6.07, 6.45) is 0.